The van der Waals surface area contributed by atoms with E-state index in [1.54, 1.807) is 55.8 Å². The first-order valence-electron chi connectivity index (χ1n) is 10.8. The second kappa shape index (κ2) is 9.80. The molecule has 2 aromatic carbocycles. The predicted octanol–water partition coefficient (Wildman–Crippen LogP) is 5.33. The van der Waals surface area contributed by atoms with Gasteiger partial charge in [-0.3, -0.25) is 19.6 Å². The van der Waals surface area contributed by atoms with Gasteiger partial charge in [0.2, 0.25) is 0 Å². The number of hydrogen-bond acceptors (Lipinski definition) is 6. The van der Waals surface area contributed by atoms with E-state index in [4.69, 9.17) is 9.15 Å². The Hall–Kier alpha value is -4.47. The molecular weight excluding hydrogens is 455 g/mol. The summed E-state index contributed by atoms with van der Waals surface area (Å²) in [6.07, 6.45) is 0. The normalized spacial score (nSPS) is 10.9. The number of nitro groups is 1. The van der Waals surface area contributed by atoms with Gasteiger partial charge in [0.05, 0.1) is 28.5 Å². The van der Waals surface area contributed by atoms with Crippen LogP contribution in [0.25, 0.3) is 0 Å². The van der Waals surface area contributed by atoms with E-state index >= 15 is 0 Å². The Balaban J connectivity index is 1.41. The van der Waals surface area contributed by atoms with Crippen LogP contribution in [0.3, 0.4) is 0 Å². The van der Waals surface area contributed by atoms with Crippen LogP contribution in [0.15, 0.2) is 59.0 Å². The van der Waals surface area contributed by atoms with Crippen LogP contribution in [-0.2, 0) is 13.2 Å². The lowest BCUT2D eigenvalue weighted by Gasteiger charge is -2.07. The number of ether oxygens (including phenoxy) is 1. The summed E-state index contributed by atoms with van der Waals surface area (Å²) in [5.74, 6) is 0.168. The van der Waals surface area contributed by atoms with Crippen LogP contribution in [0, 0.1) is 36.7 Å². The van der Waals surface area contributed by atoms with Crippen molar-refractivity contribution in [2.24, 2.45) is 0 Å². The van der Waals surface area contributed by atoms with Gasteiger partial charge in [0.1, 0.15) is 23.9 Å². The molecule has 0 radical (unpaired) electrons. The molecule has 2 aromatic heterocycles. The topological polar surface area (TPSA) is 112 Å². The highest BCUT2D eigenvalue weighted by molar-refractivity contribution is 6.02. The standard InChI is InChI=1S/C25H23FN4O5/c1-15-12-19(8-10-22(15)30(32)33)34-14-20-9-11-23(35-20)25(31)27-24-16(2)28-29(17(24)3)13-18-6-4-5-7-21(18)26/h4-12H,13-14H2,1-3H3,(H,27,31). The summed E-state index contributed by atoms with van der Waals surface area (Å²) in [7, 11) is 0. The summed E-state index contributed by atoms with van der Waals surface area (Å²) in [6.45, 7) is 5.46. The van der Waals surface area contributed by atoms with E-state index in [0.29, 0.717) is 39.7 Å². The summed E-state index contributed by atoms with van der Waals surface area (Å²) in [4.78, 5) is 23.3. The van der Waals surface area contributed by atoms with Crippen LogP contribution in [0.2, 0.25) is 0 Å². The fourth-order valence-electron chi connectivity index (χ4n) is 3.65. The summed E-state index contributed by atoms with van der Waals surface area (Å²) in [6, 6.07) is 14.1. The lowest BCUT2D eigenvalue weighted by atomic mass is 10.2. The van der Waals surface area contributed by atoms with Crippen molar-refractivity contribution in [2.45, 2.75) is 33.9 Å². The van der Waals surface area contributed by atoms with Gasteiger partial charge < -0.3 is 14.5 Å². The van der Waals surface area contributed by atoms with Crippen molar-refractivity contribution >= 4 is 17.3 Å². The molecule has 4 rings (SSSR count). The van der Waals surface area contributed by atoms with Gasteiger partial charge in [-0.05, 0) is 51.1 Å². The average Bonchev–Trinajstić information content (AvgIpc) is 3.39. The zero-order valence-electron chi connectivity index (χ0n) is 19.4. The minimum absolute atomic E-state index is 0.0112. The van der Waals surface area contributed by atoms with Crippen molar-refractivity contribution in [3.8, 4) is 5.75 Å². The van der Waals surface area contributed by atoms with Gasteiger partial charge in [0.25, 0.3) is 11.6 Å². The smallest absolute Gasteiger partial charge is 0.291 e. The van der Waals surface area contributed by atoms with Crippen LogP contribution in [0.4, 0.5) is 15.8 Å². The number of amides is 1. The predicted molar refractivity (Wildman–Crippen MR) is 126 cm³/mol. The summed E-state index contributed by atoms with van der Waals surface area (Å²) >= 11 is 0. The van der Waals surface area contributed by atoms with Crippen molar-refractivity contribution in [3.63, 3.8) is 0 Å². The number of aromatic nitrogens is 2. The molecule has 180 valence electrons. The molecule has 0 bridgehead atoms. The molecule has 4 aromatic rings. The van der Waals surface area contributed by atoms with Gasteiger partial charge in [-0.1, -0.05) is 18.2 Å². The molecule has 0 saturated heterocycles. The van der Waals surface area contributed by atoms with Gasteiger partial charge in [-0.15, -0.1) is 0 Å². The molecule has 0 unspecified atom stereocenters. The van der Waals surface area contributed by atoms with Crippen LogP contribution < -0.4 is 10.1 Å². The number of aryl methyl sites for hydroxylation is 2. The number of furan rings is 1. The third kappa shape index (κ3) is 5.21. The third-order valence-electron chi connectivity index (χ3n) is 5.53. The number of nitrogens with zero attached hydrogens (tertiary/aromatic N) is 3. The van der Waals surface area contributed by atoms with Gasteiger partial charge in [0.15, 0.2) is 5.76 Å². The van der Waals surface area contributed by atoms with E-state index in [9.17, 15) is 19.3 Å². The van der Waals surface area contributed by atoms with Crippen LogP contribution in [0.1, 0.15) is 38.8 Å². The van der Waals surface area contributed by atoms with Crippen LogP contribution in [-0.4, -0.2) is 20.6 Å². The fourth-order valence-corrected chi connectivity index (χ4v) is 3.65. The molecule has 0 aliphatic carbocycles. The van der Waals surface area contributed by atoms with E-state index in [-0.39, 0.29) is 30.4 Å². The molecule has 1 amide bonds. The molecule has 10 heteroatoms. The Morgan fingerprint density at radius 3 is 2.66 bits per heavy atom. The highest BCUT2D eigenvalue weighted by Gasteiger charge is 2.19. The molecule has 0 fully saturated rings. The SMILES string of the molecule is Cc1cc(OCc2ccc(C(=O)Nc3c(C)nn(Cc4ccccc4F)c3C)o2)ccc1[N+](=O)[O-]. The number of nitrogens with one attached hydrogen (secondary N) is 1. The van der Waals surface area contributed by atoms with Crippen LogP contribution in [0.5, 0.6) is 5.75 Å². The molecule has 0 atom stereocenters. The maximum absolute atomic E-state index is 14.0. The highest BCUT2D eigenvalue weighted by atomic mass is 19.1. The summed E-state index contributed by atoms with van der Waals surface area (Å²) in [5.41, 5.74) is 2.79. The molecule has 0 aliphatic rings. The second-order valence-electron chi connectivity index (χ2n) is 8.01. The number of carbonyl (C=O) groups excluding carboxylic acids is 1. The van der Waals surface area contributed by atoms with Gasteiger partial charge >= 0.3 is 0 Å². The molecular formula is C25H23FN4O5. The molecule has 0 aliphatic heterocycles. The number of hydrogen-bond donors (Lipinski definition) is 1. The zero-order valence-corrected chi connectivity index (χ0v) is 19.4. The largest absolute Gasteiger partial charge is 0.486 e. The Kier molecular flexibility index (Phi) is 6.63. The number of carbonyl (C=O) groups is 1. The molecule has 2 heterocycles. The summed E-state index contributed by atoms with van der Waals surface area (Å²) < 4.78 is 26.9. The zero-order chi connectivity index (χ0) is 25.1. The third-order valence-corrected chi connectivity index (χ3v) is 5.53. The molecule has 35 heavy (non-hydrogen) atoms. The van der Waals surface area contributed by atoms with Crippen molar-refractivity contribution < 1.29 is 23.3 Å². The maximum atomic E-state index is 14.0. The Morgan fingerprint density at radius 2 is 1.94 bits per heavy atom. The van der Waals surface area contributed by atoms with Crippen LogP contribution >= 0.6 is 0 Å². The summed E-state index contributed by atoms with van der Waals surface area (Å²) in [5, 5.41) is 18.2. The Labute approximate surface area is 200 Å². The van der Waals surface area contributed by atoms with Gasteiger partial charge in [-0.2, -0.15) is 5.10 Å². The van der Waals surface area contributed by atoms with E-state index in [0.717, 1.165) is 0 Å². The minimum atomic E-state index is -0.459. The molecule has 0 spiro atoms. The molecule has 1 N–H and O–H groups in total. The first-order valence-corrected chi connectivity index (χ1v) is 10.8. The molecule has 9 nitrogen and oxygen atoms in total. The van der Waals surface area contributed by atoms with E-state index in [2.05, 4.69) is 10.4 Å². The van der Waals surface area contributed by atoms with Crippen molar-refractivity contribution in [2.75, 3.05) is 5.32 Å². The Bertz CT molecular complexity index is 1410. The highest BCUT2D eigenvalue weighted by Crippen LogP contribution is 2.25. The number of anilines is 1. The maximum Gasteiger partial charge on any atom is 0.291 e. The number of halogens is 1. The lowest BCUT2D eigenvalue weighted by Crippen LogP contribution is -2.12. The number of benzene rings is 2. The number of rotatable bonds is 8. The monoisotopic (exact) mass is 478 g/mol. The van der Waals surface area contributed by atoms with Crippen molar-refractivity contribution in [3.05, 3.63) is 105 Å². The first kappa shape index (κ1) is 23.7. The van der Waals surface area contributed by atoms with E-state index in [1.807, 2.05) is 0 Å². The van der Waals surface area contributed by atoms with Crippen molar-refractivity contribution in [1.82, 2.24) is 9.78 Å². The van der Waals surface area contributed by atoms with E-state index in [1.165, 1.54) is 24.3 Å². The quantitative estimate of drug-likeness (QED) is 0.271. The lowest BCUT2D eigenvalue weighted by molar-refractivity contribution is -0.385. The molecule has 0 saturated carbocycles. The van der Waals surface area contributed by atoms with Gasteiger partial charge in [0, 0.05) is 17.2 Å². The fraction of sp³-hybridized carbons (Fsp3) is 0.200. The minimum Gasteiger partial charge on any atom is -0.486 e. The first-order chi connectivity index (χ1) is 16.7. The second-order valence-corrected chi connectivity index (χ2v) is 8.01. The van der Waals surface area contributed by atoms with Crippen molar-refractivity contribution in [1.29, 1.82) is 0 Å². The Morgan fingerprint density at radius 1 is 1.17 bits per heavy atom. The average molecular weight is 478 g/mol. The number of nitro benzene ring substituents is 1. The van der Waals surface area contributed by atoms with E-state index < -0.39 is 10.8 Å². The van der Waals surface area contributed by atoms with Gasteiger partial charge in [-0.25, -0.2) is 4.39 Å².